The van der Waals surface area contributed by atoms with Gasteiger partial charge >= 0.3 is 0 Å². The van der Waals surface area contributed by atoms with Gasteiger partial charge in [-0.3, -0.25) is 9.67 Å². The van der Waals surface area contributed by atoms with E-state index in [1.165, 1.54) is 4.70 Å². The normalized spacial score (nSPS) is 13.0. The van der Waals surface area contributed by atoms with Gasteiger partial charge in [-0.2, -0.15) is 5.10 Å². The summed E-state index contributed by atoms with van der Waals surface area (Å²) in [5, 5.41) is 6.57. The van der Waals surface area contributed by atoms with E-state index in [0.717, 1.165) is 39.8 Å². The molecule has 0 saturated heterocycles. The number of aryl methyl sites for hydroxylation is 2. The Bertz CT molecular complexity index is 777. The van der Waals surface area contributed by atoms with Crippen LogP contribution in [0.4, 0.5) is 0 Å². The van der Waals surface area contributed by atoms with Crippen molar-refractivity contribution in [2.24, 2.45) is 12.8 Å². The van der Waals surface area contributed by atoms with Gasteiger partial charge in [-0.1, -0.05) is 6.92 Å². The van der Waals surface area contributed by atoms with Gasteiger partial charge in [-0.05, 0) is 45.4 Å². The molecule has 0 amide bonds. The maximum atomic E-state index is 6.38. The van der Waals surface area contributed by atoms with Crippen LogP contribution in [0.3, 0.4) is 0 Å². The second kappa shape index (κ2) is 5.87. The summed E-state index contributed by atoms with van der Waals surface area (Å²) in [6.45, 7) is 2.10. The summed E-state index contributed by atoms with van der Waals surface area (Å²) in [6, 6.07) is 4.09. The standard InChI is InChI=1S/C15H17BrN4S/c1-3-11-15(16)13(20(2)19-11)7-10(17)9-6-14-12(18-8-9)4-5-21-14/h4-6,8,10H,3,7,17H2,1-2H3. The number of nitrogens with zero attached hydrogens (tertiary/aromatic N) is 3. The van der Waals surface area contributed by atoms with Gasteiger partial charge in [0.15, 0.2) is 0 Å². The highest BCUT2D eigenvalue weighted by atomic mass is 79.9. The summed E-state index contributed by atoms with van der Waals surface area (Å²) in [5.74, 6) is 0. The highest BCUT2D eigenvalue weighted by Crippen LogP contribution is 2.27. The van der Waals surface area contributed by atoms with E-state index in [9.17, 15) is 0 Å². The van der Waals surface area contributed by atoms with Gasteiger partial charge in [-0.15, -0.1) is 11.3 Å². The monoisotopic (exact) mass is 364 g/mol. The van der Waals surface area contributed by atoms with Gasteiger partial charge in [0.05, 0.1) is 26.1 Å². The number of fused-ring (bicyclic) bond motifs is 1. The van der Waals surface area contributed by atoms with Crippen molar-refractivity contribution in [1.29, 1.82) is 0 Å². The van der Waals surface area contributed by atoms with E-state index in [1.54, 1.807) is 11.3 Å². The highest BCUT2D eigenvalue weighted by molar-refractivity contribution is 9.10. The van der Waals surface area contributed by atoms with Crippen molar-refractivity contribution >= 4 is 37.5 Å². The summed E-state index contributed by atoms with van der Waals surface area (Å²) in [7, 11) is 1.96. The first kappa shape index (κ1) is 14.7. The lowest BCUT2D eigenvalue weighted by Gasteiger charge is -2.12. The average Bonchev–Trinajstić information content (AvgIpc) is 3.05. The molecule has 6 heteroatoms. The van der Waals surface area contributed by atoms with Crippen molar-refractivity contribution < 1.29 is 0 Å². The van der Waals surface area contributed by atoms with E-state index in [0.29, 0.717) is 0 Å². The number of thiophene rings is 1. The van der Waals surface area contributed by atoms with Crippen LogP contribution in [0.25, 0.3) is 10.2 Å². The minimum atomic E-state index is -0.0830. The molecule has 0 radical (unpaired) electrons. The second-order valence-electron chi connectivity index (χ2n) is 5.07. The van der Waals surface area contributed by atoms with E-state index in [4.69, 9.17) is 5.73 Å². The number of pyridine rings is 1. The van der Waals surface area contributed by atoms with Crippen molar-refractivity contribution in [3.8, 4) is 0 Å². The van der Waals surface area contributed by atoms with Gasteiger partial charge < -0.3 is 5.73 Å². The fourth-order valence-electron chi connectivity index (χ4n) is 2.43. The van der Waals surface area contributed by atoms with Crippen molar-refractivity contribution in [2.75, 3.05) is 0 Å². The molecule has 0 saturated carbocycles. The molecule has 3 heterocycles. The topological polar surface area (TPSA) is 56.7 Å². The van der Waals surface area contributed by atoms with Gasteiger partial charge in [0.1, 0.15) is 0 Å². The minimum absolute atomic E-state index is 0.0830. The van der Waals surface area contributed by atoms with Crippen LogP contribution in [0.5, 0.6) is 0 Å². The zero-order chi connectivity index (χ0) is 15.0. The van der Waals surface area contributed by atoms with Crippen LogP contribution in [-0.4, -0.2) is 14.8 Å². The third-order valence-corrected chi connectivity index (χ3v) is 5.44. The fourth-order valence-corrected chi connectivity index (χ4v) is 4.00. The molecule has 2 N–H and O–H groups in total. The molecule has 0 spiro atoms. The van der Waals surface area contributed by atoms with Gasteiger partial charge in [0, 0.05) is 25.7 Å². The first-order valence-electron chi connectivity index (χ1n) is 6.89. The second-order valence-corrected chi connectivity index (χ2v) is 6.81. The lowest BCUT2D eigenvalue weighted by atomic mass is 10.0. The molecule has 21 heavy (non-hydrogen) atoms. The average molecular weight is 365 g/mol. The molecule has 1 unspecified atom stereocenters. The van der Waals surface area contributed by atoms with Gasteiger partial charge in [-0.25, -0.2) is 0 Å². The Hall–Kier alpha value is -1.24. The van der Waals surface area contributed by atoms with Crippen molar-refractivity contribution in [3.05, 3.63) is 45.1 Å². The largest absolute Gasteiger partial charge is 0.324 e. The smallest absolute Gasteiger partial charge is 0.0809 e. The molecule has 3 rings (SSSR count). The number of nitrogens with two attached hydrogens (primary N) is 1. The van der Waals surface area contributed by atoms with Crippen LogP contribution >= 0.6 is 27.3 Å². The molecular weight excluding hydrogens is 348 g/mol. The zero-order valence-corrected chi connectivity index (χ0v) is 14.4. The molecule has 1 atom stereocenters. The van der Waals surface area contributed by atoms with Crippen LogP contribution in [0.15, 0.2) is 28.2 Å². The Kier molecular flexibility index (Phi) is 4.10. The van der Waals surface area contributed by atoms with Crippen LogP contribution < -0.4 is 5.73 Å². The molecule has 0 fully saturated rings. The molecule has 0 aliphatic rings. The SMILES string of the molecule is CCc1nn(C)c(CC(N)c2cnc3ccsc3c2)c1Br. The van der Waals surface area contributed by atoms with Crippen molar-refractivity contribution in [3.63, 3.8) is 0 Å². The summed E-state index contributed by atoms with van der Waals surface area (Å²) >= 11 is 5.34. The Labute approximate surface area is 136 Å². The lowest BCUT2D eigenvalue weighted by Crippen LogP contribution is -2.16. The molecule has 0 aliphatic heterocycles. The third-order valence-electron chi connectivity index (χ3n) is 3.67. The third kappa shape index (κ3) is 2.75. The molecular formula is C15H17BrN4S. The molecule has 0 bridgehead atoms. The first-order valence-corrected chi connectivity index (χ1v) is 8.56. The highest BCUT2D eigenvalue weighted by Gasteiger charge is 2.17. The molecule has 3 aromatic heterocycles. The Balaban J connectivity index is 1.88. The maximum absolute atomic E-state index is 6.38. The molecule has 0 aromatic carbocycles. The van der Waals surface area contributed by atoms with E-state index < -0.39 is 0 Å². The van der Waals surface area contributed by atoms with Gasteiger partial charge in [0.25, 0.3) is 0 Å². The molecule has 110 valence electrons. The number of hydrogen-bond donors (Lipinski definition) is 1. The molecule has 3 aromatic rings. The number of aromatic nitrogens is 3. The Morgan fingerprint density at radius 1 is 1.48 bits per heavy atom. The van der Waals surface area contributed by atoms with Crippen molar-refractivity contribution in [1.82, 2.24) is 14.8 Å². The molecule has 4 nitrogen and oxygen atoms in total. The van der Waals surface area contributed by atoms with E-state index in [2.05, 4.69) is 44.4 Å². The number of hydrogen-bond acceptors (Lipinski definition) is 4. The van der Waals surface area contributed by atoms with Crippen molar-refractivity contribution in [2.45, 2.75) is 25.8 Å². The quantitative estimate of drug-likeness (QED) is 0.769. The number of halogens is 1. The van der Waals surface area contributed by atoms with E-state index in [-0.39, 0.29) is 6.04 Å². The summed E-state index contributed by atoms with van der Waals surface area (Å²) in [5.41, 5.74) is 10.7. The maximum Gasteiger partial charge on any atom is 0.0809 e. The van der Waals surface area contributed by atoms with Crippen LogP contribution in [0.2, 0.25) is 0 Å². The predicted molar refractivity (Wildman–Crippen MR) is 90.5 cm³/mol. The summed E-state index contributed by atoms with van der Waals surface area (Å²) < 4.78 is 4.18. The predicted octanol–water partition coefficient (Wildman–Crippen LogP) is 3.60. The Morgan fingerprint density at radius 2 is 2.29 bits per heavy atom. The Morgan fingerprint density at radius 3 is 3.00 bits per heavy atom. The summed E-state index contributed by atoms with van der Waals surface area (Å²) in [4.78, 5) is 4.47. The summed E-state index contributed by atoms with van der Waals surface area (Å²) in [6.07, 6.45) is 3.53. The minimum Gasteiger partial charge on any atom is -0.324 e. The van der Waals surface area contributed by atoms with Crippen LogP contribution in [0.1, 0.15) is 29.9 Å². The molecule has 0 aliphatic carbocycles. The van der Waals surface area contributed by atoms with E-state index >= 15 is 0 Å². The lowest BCUT2D eigenvalue weighted by molar-refractivity contribution is 0.636. The van der Waals surface area contributed by atoms with Crippen LogP contribution in [0, 0.1) is 0 Å². The van der Waals surface area contributed by atoms with Crippen LogP contribution in [-0.2, 0) is 19.9 Å². The van der Waals surface area contributed by atoms with Gasteiger partial charge in [0.2, 0.25) is 0 Å². The zero-order valence-electron chi connectivity index (χ0n) is 12.0. The van der Waals surface area contributed by atoms with E-state index in [1.807, 2.05) is 24.0 Å². The first-order chi connectivity index (χ1) is 10.1. The fraction of sp³-hybridized carbons (Fsp3) is 0.333. The number of rotatable bonds is 4.